The molecule has 1 aliphatic rings. The largest absolute Gasteiger partial charge is 0.390 e. The predicted octanol–water partition coefficient (Wildman–Crippen LogP) is 2.17. The van der Waals surface area contributed by atoms with Gasteiger partial charge in [0, 0.05) is 0 Å². The van der Waals surface area contributed by atoms with Gasteiger partial charge in [0.1, 0.15) is 0 Å². The number of aliphatic hydroxyl groups excluding tert-OH is 2. The minimum Gasteiger partial charge on any atom is -0.390 e. The monoisotopic (exact) mass is 196 g/mol. The molecule has 0 heterocycles. The molecule has 2 nitrogen and oxygen atoms in total. The lowest BCUT2D eigenvalue weighted by Crippen LogP contribution is -2.25. The van der Waals surface area contributed by atoms with Crippen LogP contribution in [0.15, 0.2) is 24.3 Å². The topological polar surface area (TPSA) is 40.5 Å². The minimum absolute atomic E-state index is 0.563. The molecule has 0 aromatic carbocycles. The summed E-state index contributed by atoms with van der Waals surface area (Å²) in [7, 11) is 0. The molecule has 0 aromatic heterocycles. The van der Waals surface area contributed by atoms with Crippen LogP contribution < -0.4 is 0 Å². The molecule has 0 amide bonds. The highest BCUT2D eigenvalue weighted by molar-refractivity contribution is 4.90. The van der Waals surface area contributed by atoms with Crippen molar-refractivity contribution in [2.75, 3.05) is 0 Å². The Bertz CT molecular complexity index is 174. The molecule has 2 N–H and O–H groups in total. The molecule has 0 saturated carbocycles. The molecule has 0 saturated heterocycles. The molecule has 0 fully saturated rings. The Morgan fingerprint density at radius 3 is 1.43 bits per heavy atom. The van der Waals surface area contributed by atoms with Crippen molar-refractivity contribution >= 4 is 0 Å². The highest BCUT2D eigenvalue weighted by Gasteiger charge is 2.14. The van der Waals surface area contributed by atoms with Crippen LogP contribution in [-0.2, 0) is 0 Å². The Morgan fingerprint density at radius 2 is 1.00 bits per heavy atom. The first kappa shape index (κ1) is 11.5. The lowest BCUT2D eigenvalue weighted by molar-refractivity contribution is 0.0111. The summed E-state index contributed by atoms with van der Waals surface area (Å²) in [5.41, 5.74) is 0. The molecule has 2 atom stereocenters. The second kappa shape index (κ2) is 6.80. The van der Waals surface area contributed by atoms with Crippen LogP contribution in [0.1, 0.15) is 38.5 Å². The van der Waals surface area contributed by atoms with E-state index in [1.807, 2.05) is 0 Å². The quantitative estimate of drug-likeness (QED) is 0.583. The fraction of sp³-hybridized carbons (Fsp3) is 0.667. The summed E-state index contributed by atoms with van der Waals surface area (Å²) in [6, 6.07) is 0. The Hall–Kier alpha value is -0.600. The second-order valence-corrected chi connectivity index (χ2v) is 3.81. The molecular weight excluding hydrogens is 176 g/mol. The molecule has 0 bridgehead atoms. The summed E-state index contributed by atoms with van der Waals surface area (Å²) >= 11 is 0. The molecule has 14 heavy (non-hydrogen) atoms. The maximum Gasteiger partial charge on any atom is 0.0802 e. The van der Waals surface area contributed by atoms with Gasteiger partial charge in [0.25, 0.3) is 0 Å². The molecule has 1 aliphatic carbocycles. The average Bonchev–Trinajstić information content (AvgIpc) is 2.18. The van der Waals surface area contributed by atoms with Gasteiger partial charge in [0.15, 0.2) is 0 Å². The van der Waals surface area contributed by atoms with E-state index in [2.05, 4.69) is 24.3 Å². The molecule has 0 spiro atoms. The van der Waals surface area contributed by atoms with Gasteiger partial charge in [-0.2, -0.15) is 0 Å². The number of hydrogen-bond donors (Lipinski definition) is 2. The standard InChI is InChI=1S/C12H20O2/c13-11-9-7-5-3-1-2-4-6-8-10-12(11)14/h3-6,11-14H,1-2,7-10H2/t11-,12-/m0/s1. The van der Waals surface area contributed by atoms with Crippen molar-refractivity contribution in [3.05, 3.63) is 24.3 Å². The highest BCUT2D eigenvalue weighted by atomic mass is 16.3. The smallest absolute Gasteiger partial charge is 0.0802 e. The van der Waals surface area contributed by atoms with Gasteiger partial charge in [-0.1, -0.05) is 24.3 Å². The predicted molar refractivity (Wildman–Crippen MR) is 58.0 cm³/mol. The van der Waals surface area contributed by atoms with Gasteiger partial charge in [0.05, 0.1) is 12.2 Å². The first-order chi connectivity index (χ1) is 6.80. The van der Waals surface area contributed by atoms with Gasteiger partial charge >= 0.3 is 0 Å². The summed E-state index contributed by atoms with van der Waals surface area (Å²) < 4.78 is 0. The Labute approximate surface area is 86.0 Å². The van der Waals surface area contributed by atoms with Crippen LogP contribution in [0.2, 0.25) is 0 Å². The van der Waals surface area contributed by atoms with Crippen LogP contribution in [0.5, 0.6) is 0 Å². The third-order valence-electron chi connectivity index (χ3n) is 2.54. The van der Waals surface area contributed by atoms with E-state index in [9.17, 15) is 10.2 Å². The van der Waals surface area contributed by atoms with E-state index >= 15 is 0 Å². The Morgan fingerprint density at radius 1 is 0.643 bits per heavy atom. The summed E-state index contributed by atoms with van der Waals surface area (Å²) in [6.45, 7) is 0. The van der Waals surface area contributed by atoms with E-state index < -0.39 is 12.2 Å². The van der Waals surface area contributed by atoms with Gasteiger partial charge < -0.3 is 10.2 Å². The summed E-state index contributed by atoms with van der Waals surface area (Å²) in [6.07, 6.45) is 12.6. The SMILES string of the molecule is O[C@H]1CCC=CCCC=CCC[C@@H]1O. The van der Waals surface area contributed by atoms with Gasteiger partial charge in [-0.05, 0) is 38.5 Å². The van der Waals surface area contributed by atoms with E-state index in [4.69, 9.17) is 0 Å². The average molecular weight is 196 g/mol. The Kier molecular flexibility index (Phi) is 5.57. The zero-order valence-corrected chi connectivity index (χ0v) is 8.60. The number of hydrogen-bond acceptors (Lipinski definition) is 2. The van der Waals surface area contributed by atoms with E-state index in [1.54, 1.807) is 0 Å². The summed E-state index contributed by atoms with van der Waals surface area (Å²) in [4.78, 5) is 0. The fourth-order valence-electron chi connectivity index (χ4n) is 1.58. The third kappa shape index (κ3) is 4.58. The van der Waals surface area contributed by atoms with Crippen molar-refractivity contribution < 1.29 is 10.2 Å². The molecule has 0 unspecified atom stereocenters. The van der Waals surface area contributed by atoms with Crippen molar-refractivity contribution in [3.63, 3.8) is 0 Å². The van der Waals surface area contributed by atoms with Crippen LogP contribution in [0.4, 0.5) is 0 Å². The maximum absolute atomic E-state index is 9.55. The van der Waals surface area contributed by atoms with Crippen molar-refractivity contribution in [1.82, 2.24) is 0 Å². The van der Waals surface area contributed by atoms with Crippen LogP contribution in [0.3, 0.4) is 0 Å². The highest BCUT2D eigenvalue weighted by Crippen LogP contribution is 2.10. The van der Waals surface area contributed by atoms with Crippen molar-refractivity contribution in [1.29, 1.82) is 0 Å². The number of allylic oxidation sites excluding steroid dienone is 4. The van der Waals surface area contributed by atoms with Crippen molar-refractivity contribution in [2.45, 2.75) is 50.7 Å². The molecule has 0 aromatic rings. The third-order valence-corrected chi connectivity index (χ3v) is 2.54. The number of rotatable bonds is 0. The van der Waals surface area contributed by atoms with Crippen molar-refractivity contribution in [3.8, 4) is 0 Å². The van der Waals surface area contributed by atoms with Gasteiger partial charge in [-0.3, -0.25) is 0 Å². The van der Waals surface area contributed by atoms with Gasteiger partial charge in [-0.15, -0.1) is 0 Å². The molecule has 2 heteroatoms. The van der Waals surface area contributed by atoms with Crippen LogP contribution in [0, 0.1) is 0 Å². The molecule has 0 radical (unpaired) electrons. The lowest BCUT2D eigenvalue weighted by Gasteiger charge is -2.16. The van der Waals surface area contributed by atoms with E-state index in [0.717, 1.165) is 25.7 Å². The van der Waals surface area contributed by atoms with Crippen LogP contribution in [0.25, 0.3) is 0 Å². The Balaban J connectivity index is 2.41. The van der Waals surface area contributed by atoms with E-state index in [0.29, 0.717) is 12.8 Å². The van der Waals surface area contributed by atoms with E-state index in [-0.39, 0.29) is 0 Å². The summed E-state index contributed by atoms with van der Waals surface area (Å²) in [5, 5.41) is 19.1. The maximum atomic E-state index is 9.55. The molecule has 0 aliphatic heterocycles. The van der Waals surface area contributed by atoms with E-state index in [1.165, 1.54) is 0 Å². The normalized spacial score (nSPS) is 30.7. The first-order valence-electron chi connectivity index (χ1n) is 5.47. The van der Waals surface area contributed by atoms with Gasteiger partial charge in [0.2, 0.25) is 0 Å². The second-order valence-electron chi connectivity index (χ2n) is 3.81. The minimum atomic E-state index is -0.563. The molecule has 1 rings (SSSR count). The molecule has 80 valence electrons. The van der Waals surface area contributed by atoms with Crippen molar-refractivity contribution in [2.24, 2.45) is 0 Å². The van der Waals surface area contributed by atoms with Crippen LogP contribution >= 0.6 is 0 Å². The fourth-order valence-corrected chi connectivity index (χ4v) is 1.58. The van der Waals surface area contributed by atoms with Gasteiger partial charge in [-0.25, -0.2) is 0 Å². The molecular formula is C12H20O2. The van der Waals surface area contributed by atoms with Crippen LogP contribution in [-0.4, -0.2) is 22.4 Å². The zero-order valence-electron chi connectivity index (χ0n) is 8.60. The summed E-state index contributed by atoms with van der Waals surface area (Å²) in [5.74, 6) is 0. The first-order valence-corrected chi connectivity index (χ1v) is 5.47. The number of aliphatic hydroxyl groups is 2. The lowest BCUT2D eigenvalue weighted by atomic mass is 10.0. The zero-order chi connectivity index (χ0) is 10.2.